The molecule has 7 nitrogen and oxygen atoms in total. The van der Waals surface area contributed by atoms with E-state index in [-0.39, 0.29) is 12.5 Å². The Labute approximate surface area is 163 Å². The lowest BCUT2D eigenvalue weighted by molar-refractivity contribution is -0.117. The van der Waals surface area contributed by atoms with Crippen molar-refractivity contribution in [2.24, 2.45) is 0 Å². The molecule has 0 saturated heterocycles. The molecule has 0 bridgehead atoms. The van der Waals surface area contributed by atoms with Gasteiger partial charge in [-0.1, -0.05) is 18.2 Å². The lowest BCUT2D eigenvalue weighted by Crippen LogP contribution is -2.43. The molecule has 4 rings (SSSR count). The Kier molecular flexibility index (Phi) is 5.32. The van der Waals surface area contributed by atoms with Crippen molar-refractivity contribution in [3.05, 3.63) is 48.0 Å². The van der Waals surface area contributed by atoms with Crippen LogP contribution >= 0.6 is 0 Å². The predicted octanol–water partition coefficient (Wildman–Crippen LogP) is 2.95. The van der Waals surface area contributed by atoms with Crippen molar-refractivity contribution in [1.82, 2.24) is 5.32 Å². The monoisotopic (exact) mass is 381 g/mol. The maximum absolute atomic E-state index is 12.6. The lowest BCUT2D eigenvalue weighted by atomic mass is 10.0. The van der Waals surface area contributed by atoms with Crippen LogP contribution in [0.5, 0.6) is 11.5 Å². The van der Waals surface area contributed by atoms with Crippen molar-refractivity contribution >= 4 is 23.3 Å². The number of urea groups is 1. The van der Waals surface area contributed by atoms with Crippen LogP contribution in [0.3, 0.4) is 0 Å². The number of anilines is 2. The molecule has 2 aliphatic heterocycles. The van der Waals surface area contributed by atoms with Gasteiger partial charge in [0.25, 0.3) is 0 Å². The van der Waals surface area contributed by atoms with Crippen LogP contribution in [0.1, 0.15) is 18.4 Å². The smallest absolute Gasteiger partial charge is 0.319 e. The highest BCUT2D eigenvalue weighted by Crippen LogP contribution is 2.32. The summed E-state index contributed by atoms with van der Waals surface area (Å²) in [4.78, 5) is 26.6. The van der Waals surface area contributed by atoms with E-state index >= 15 is 0 Å². The van der Waals surface area contributed by atoms with Crippen LogP contribution in [0.4, 0.5) is 16.2 Å². The third kappa shape index (κ3) is 4.03. The summed E-state index contributed by atoms with van der Waals surface area (Å²) in [6, 6.07) is 12.7. The maximum atomic E-state index is 12.6. The predicted molar refractivity (Wildman–Crippen MR) is 106 cm³/mol. The van der Waals surface area contributed by atoms with Crippen LogP contribution in [-0.2, 0) is 11.2 Å². The Hall–Kier alpha value is -3.22. The fraction of sp³-hybridized carbons (Fsp3) is 0.333. The van der Waals surface area contributed by atoms with Gasteiger partial charge in [-0.25, -0.2) is 4.79 Å². The number of hydrogen-bond acceptors (Lipinski definition) is 4. The molecule has 2 heterocycles. The Morgan fingerprint density at radius 3 is 2.71 bits per heavy atom. The molecule has 0 unspecified atom stereocenters. The third-order valence-electron chi connectivity index (χ3n) is 4.82. The van der Waals surface area contributed by atoms with Gasteiger partial charge in [-0.05, 0) is 36.6 Å². The molecule has 28 heavy (non-hydrogen) atoms. The van der Waals surface area contributed by atoms with Gasteiger partial charge in [-0.3, -0.25) is 4.79 Å². The van der Waals surface area contributed by atoms with Crippen LogP contribution in [0, 0.1) is 0 Å². The molecular weight excluding hydrogens is 358 g/mol. The van der Waals surface area contributed by atoms with Crippen LogP contribution in [0.15, 0.2) is 42.5 Å². The molecule has 0 saturated carbocycles. The molecule has 2 aliphatic rings. The zero-order chi connectivity index (χ0) is 19.3. The van der Waals surface area contributed by atoms with Crippen LogP contribution in [-0.4, -0.2) is 38.2 Å². The van der Waals surface area contributed by atoms with E-state index in [1.54, 1.807) is 23.1 Å². The van der Waals surface area contributed by atoms with Crippen molar-refractivity contribution in [3.8, 4) is 11.5 Å². The van der Waals surface area contributed by atoms with E-state index in [1.165, 1.54) is 5.56 Å². The van der Waals surface area contributed by atoms with Crippen LogP contribution in [0.25, 0.3) is 0 Å². The van der Waals surface area contributed by atoms with Gasteiger partial charge < -0.3 is 25.0 Å². The summed E-state index contributed by atoms with van der Waals surface area (Å²) in [5.74, 6) is 1.15. The topological polar surface area (TPSA) is 79.9 Å². The van der Waals surface area contributed by atoms with Gasteiger partial charge in [0.1, 0.15) is 0 Å². The summed E-state index contributed by atoms with van der Waals surface area (Å²) in [5, 5.41) is 5.37. The molecule has 2 N–H and O–H groups in total. The van der Waals surface area contributed by atoms with E-state index in [4.69, 9.17) is 9.47 Å². The Morgan fingerprint density at radius 1 is 1.00 bits per heavy atom. The molecule has 2 aromatic rings. The largest absolute Gasteiger partial charge is 0.490 e. The molecule has 146 valence electrons. The van der Waals surface area contributed by atoms with E-state index in [0.29, 0.717) is 36.9 Å². The van der Waals surface area contributed by atoms with Crippen molar-refractivity contribution in [1.29, 1.82) is 0 Å². The summed E-state index contributed by atoms with van der Waals surface area (Å²) < 4.78 is 11.2. The molecule has 0 fully saturated rings. The normalized spacial score (nSPS) is 15.2. The number of para-hydroxylation sites is 1. The van der Waals surface area contributed by atoms with E-state index in [2.05, 4.69) is 10.6 Å². The number of benzene rings is 2. The number of hydrogen-bond donors (Lipinski definition) is 2. The molecular formula is C21H23N3O4. The quantitative estimate of drug-likeness (QED) is 0.857. The number of amides is 3. The van der Waals surface area contributed by atoms with Crippen LogP contribution in [0.2, 0.25) is 0 Å². The number of ether oxygens (including phenoxy) is 2. The summed E-state index contributed by atoms with van der Waals surface area (Å²) >= 11 is 0. The second-order valence-corrected chi connectivity index (χ2v) is 6.80. The van der Waals surface area contributed by atoms with E-state index < -0.39 is 6.03 Å². The first-order valence-electron chi connectivity index (χ1n) is 9.53. The fourth-order valence-corrected chi connectivity index (χ4v) is 3.46. The van der Waals surface area contributed by atoms with Gasteiger partial charge in [0.2, 0.25) is 5.91 Å². The van der Waals surface area contributed by atoms with Gasteiger partial charge in [0.05, 0.1) is 19.8 Å². The zero-order valence-corrected chi connectivity index (χ0v) is 15.6. The highest BCUT2D eigenvalue weighted by atomic mass is 16.5. The van der Waals surface area contributed by atoms with Gasteiger partial charge in [-0.15, -0.1) is 0 Å². The highest BCUT2D eigenvalue weighted by Gasteiger charge is 2.22. The average molecular weight is 381 g/mol. The second-order valence-electron chi connectivity index (χ2n) is 6.80. The number of aryl methyl sites for hydroxylation is 1. The Morgan fingerprint density at radius 2 is 1.82 bits per heavy atom. The summed E-state index contributed by atoms with van der Waals surface area (Å²) in [7, 11) is 0. The Balaban J connectivity index is 1.34. The SMILES string of the molecule is O=C(NCC(=O)N1CCCc2ccccc21)Nc1ccc2c(c1)OCCCO2. The minimum atomic E-state index is -0.437. The molecule has 0 aromatic heterocycles. The van der Waals surface area contributed by atoms with Crippen molar-refractivity contribution in [2.45, 2.75) is 19.3 Å². The Bertz CT molecular complexity index is 884. The van der Waals surface area contributed by atoms with Gasteiger partial charge in [-0.2, -0.15) is 0 Å². The highest BCUT2D eigenvalue weighted by molar-refractivity contribution is 5.99. The second kappa shape index (κ2) is 8.21. The number of nitrogens with zero attached hydrogens (tertiary/aromatic N) is 1. The number of fused-ring (bicyclic) bond motifs is 2. The first-order chi connectivity index (χ1) is 13.7. The van der Waals surface area contributed by atoms with Crippen molar-refractivity contribution in [3.63, 3.8) is 0 Å². The molecule has 0 spiro atoms. The number of carbonyl (C=O) groups excluding carboxylic acids is 2. The average Bonchev–Trinajstić information content (AvgIpc) is 2.96. The fourth-order valence-electron chi connectivity index (χ4n) is 3.46. The van der Waals surface area contributed by atoms with Crippen LogP contribution < -0.4 is 25.0 Å². The third-order valence-corrected chi connectivity index (χ3v) is 4.82. The van der Waals surface area contributed by atoms with Crippen molar-refractivity contribution in [2.75, 3.05) is 36.5 Å². The maximum Gasteiger partial charge on any atom is 0.319 e. The van der Waals surface area contributed by atoms with Gasteiger partial charge in [0, 0.05) is 30.4 Å². The molecule has 3 amide bonds. The minimum absolute atomic E-state index is 0.0648. The molecule has 2 aromatic carbocycles. The van der Waals surface area contributed by atoms with E-state index in [0.717, 1.165) is 24.9 Å². The lowest BCUT2D eigenvalue weighted by Gasteiger charge is -2.29. The van der Waals surface area contributed by atoms with Gasteiger partial charge in [0.15, 0.2) is 11.5 Å². The molecule has 7 heteroatoms. The van der Waals surface area contributed by atoms with Gasteiger partial charge >= 0.3 is 6.03 Å². The zero-order valence-electron chi connectivity index (χ0n) is 15.6. The van der Waals surface area contributed by atoms with Crippen molar-refractivity contribution < 1.29 is 19.1 Å². The molecule has 0 radical (unpaired) electrons. The summed E-state index contributed by atoms with van der Waals surface area (Å²) in [5.41, 5.74) is 2.68. The first-order valence-corrected chi connectivity index (χ1v) is 9.53. The standard InChI is InChI=1S/C21H23N3O4/c25-20(24-10-3-6-15-5-1-2-7-17(15)24)14-22-21(26)23-16-8-9-18-19(13-16)28-12-4-11-27-18/h1-2,5,7-9,13H,3-4,6,10-12,14H2,(H2,22,23,26). The first kappa shape index (κ1) is 18.2. The summed E-state index contributed by atoms with van der Waals surface area (Å²) in [6.07, 6.45) is 2.71. The van der Waals surface area contributed by atoms with E-state index in [1.807, 2.05) is 24.3 Å². The number of rotatable bonds is 3. The summed E-state index contributed by atoms with van der Waals surface area (Å²) in [6.45, 7) is 1.79. The number of nitrogens with one attached hydrogen (secondary N) is 2. The number of carbonyl (C=O) groups is 2. The minimum Gasteiger partial charge on any atom is -0.490 e. The molecule has 0 aliphatic carbocycles. The molecule has 0 atom stereocenters. The van der Waals surface area contributed by atoms with E-state index in [9.17, 15) is 9.59 Å².